The van der Waals surface area contributed by atoms with Crippen molar-refractivity contribution in [3.63, 3.8) is 0 Å². The number of benzene rings is 1. The Balaban J connectivity index is 2.05. The topological polar surface area (TPSA) is 17.8 Å². The van der Waals surface area contributed by atoms with Crippen molar-refractivity contribution < 1.29 is 4.39 Å². The van der Waals surface area contributed by atoms with E-state index in [0.717, 1.165) is 24.1 Å². The lowest BCUT2D eigenvalue weighted by atomic mass is 10.1. The first-order valence-electron chi connectivity index (χ1n) is 7.59. The Morgan fingerprint density at radius 3 is 2.59 bits per heavy atom. The molecule has 0 aliphatic rings. The van der Waals surface area contributed by atoms with Crippen LogP contribution in [0.1, 0.15) is 44.9 Å². The third-order valence-electron chi connectivity index (χ3n) is 3.50. The van der Waals surface area contributed by atoms with Crippen molar-refractivity contribution >= 4 is 6.08 Å². The smallest absolute Gasteiger partial charge is 0.123 e. The van der Waals surface area contributed by atoms with Crippen LogP contribution < -0.4 is 0 Å². The normalized spacial score (nSPS) is 11.5. The maximum atomic E-state index is 13.0. The fourth-order valence-corrected chi connectivity index (χ4v) is 2.28. The average Bonchev–Trinajstić information content (AvgIpc) is 2.88. The monoisotopic (exact) mass is 298 g/mol. The van der Waals surface area contributed by atoms with Crippen molar-refractivity contribution in [2.24, 2.45) is 0 Å². The van der Waals surface area contributed by atoms with Crippen molar-refractivity contribution in [1.82, 2.24) is 9.55 Å². The largest absolute Gasteiger partial charge is 0.327 e. The Bertz CT molecular complexity index is 659. The third kappa shape index (κ3) is 4.99. The summed E-state index contributed by atoms with van der Waals surface area (Å²) in [6.07, 6.45) is 10.2. The summed E-state index contributed by atoms with van der Waals surface area (Å²) in [5, 5.41) is 0. The van der Waals surface area contributed by atoms with E-state index in [1.54, 1.807) is 0 Å². The molecule has 0 saturated heterocycles. The molecule has 0 saturated carbocycles. The van der Waals surface area contributed by atoms with Crippen molar-refractivity contribution in [3.8, 4) is 0 Å². The zero-order valence-corrected chi connectivity index (χ0v) is 13.5. The predicted octanol–water partition coefficient (Wildman–Crippen LogP) is 5.22. The quantitative estimate of drug-likeness (QED) is 0.668. The summed E-state index contributed by atoms with van der Waals surface area (Å²) < 4.78 is 15.0. The van der Waals surface area contributed by atoms with Gasteiger partial charge in [0.25, 0.3) is 0 Å². The molecule has 0 amide bonds. The number of aromatic nitrogens is 2. The minimum atomic E-state index is -0.204. The van der Waals surface area contributed by atoms with Gasteiger partial charge in [-0.1, -0.05) is 29.4 Å². The van der Waals surface area contributed by atoms with Gasteiger partial charge in [0.1, 0.15) is 5.82 Å². The number of allylic oxidation sites excluding steroid dienone is 3. The van der Waals surface area contributed by atoms with Crippen LogP contribution in [0.3, 0.4) is 0 Å². The summed E-state index contributed by atoms with van der Waals surface area (Å²) in [5.74, 6) is -0.204. The van der Waals surface area contributed by atoms with Crippen LogP contribution in [-0.4, -0.2) is 9.55 Å². The third-order valence-corrected chi connectivity index (χ3v) is 3.50. The molecule has 2 rings (SSSR count). The molecule has 22 heavy (non-hydrogen) atoms. The van der Waals surface area contributed by atoms with Gasteiger partial charge in [-0.2, -0.15) is 0 Å². The second-order valence-corrected chi connectivity index (χ2v) is 5.88. The van der Waals surface area contributed by atoms with Gasteiger partial charge in [-0.3, -0.25) is 0 Å². The molecule has 3 heteroatoms. The maximum absolute atomic E-state index is 13.0. The molecule has 0 spiro atoms. The molecule has 0 aliphatic carbocycles. The van der Waals surface area contributed by atoms with Crippen molar-refractivity contribution in [1.29, 1.82) is 0 Å². The number of rotatable bonds is 6. The van der Waals surface area contributed by atoms with Gasteiger partial charge in [-0.25, -0.2) is 9.37 Å². The molecule has 0 unspecified atom stereocenters. The number of hydrogen-bond acceptors (Lipinski definition) is 1. The highest BCUT2D eigenvalue weighted by atomic mass is 19.1. The SMILES string of the molecule is CC(C)=CCCC(C)=Cc1cncn1Cc1ccc(F)cc1. The van der Waals surface area contributed by atoms with Crippen LogP contribution in [-0.2, 0) is 6.54 Å². The zero-order valence-electron chi connectivity index (χ0n) is 13.5. The molecular weight excluding hydrogens is 275 g/mol. The average molecular weight is 298 g/mol. The molecule has 0 atom stereocenters. The van der Waals surface area contributed by atoms with E-state index >= 15 is 0 Å². The van der Waals surface area contributed by atoms with Gasteiger partial charge in [0.2, 0.25) is 0 Å². The van der Waals surface area contributed by atoms with Gasteiger partial charge < -0.3 is 4.57 Å². The van der Waals surface area contributed by atoms with Crippen LogP contribution in [0.2, 0.25) is 0 Å². The van der Waals surface area contributed by atoms with Crippen LogP contribution >= 0.6 is 0 Å². The lowest BCUT2D eigenvalue weighted by Crippen LogP contribution is -2.00. The standard InChI is InChI=1S/C19H23FN2/c1-15(2)5-4-6-16(3)11-19-12-21-14-22(19)13-17-7-9-18(20)10-8-17/h5,7-12,14H,4,6,13H2,1-3H3. The molecule has 0 radical (unpaired) electrons. The minimum absolute atomic E-state index is 0.204. The molecule has 1 aromatic heterocycles. The molecule has 1 heterocycles. The minimum Gasteiger partial charge on any atom is -0.327 e. The number of hydrogen-bond donors (Lipinski definition) is 0. The van der Waals surface area contributed by atoms with Crippen LogP contribution in [0.4, 0.5) is 4.39 Å². The van der Waals surface area contributed by atoms with Crippen LogP contribution in [0.25, 0.3) is 6.08 Å². The molecular formula is C19H23FN2. The molecule has 1 aromatic carbocycles. The summed E-state index contributed by atoms with van der Waals surface area (Å²) >= 11 is 0. The van der Waals surface area contributed by atoms with Crippen molar-refractivity contribution in [3.05, 3.63) is 71.1 Å². The van der Waals surface area contributed by atoms with Gasteiger partial charge in [-0.15, -0.1) is 0 Å². The summed E-state index contributed by atoms with van der Waals surface area (Å²) in [6.45, 7) is 7.09. The molecule has 0 aliphatic heterocycles. The van der Waals surface area contributed by atoms with Gasteiger partial charge in [-0.05, 0) is 57.4 Å². The Kier molecular flexibility index (Phi) is 5.70. The van der Waals surface area contributed by atoms with E-state index in [1.165, 1.54) is 23.3 Å². The zero-order chi connectivity index (χ0) is 15.9. The van der Waals surface area contributed by atoms with Crippen LogP contribution in [0.5, 0.6) is 0 Å². The first kappa shape index (κ1) is 16.2. The van der Waals surface area contributed by atoms with E-state index in [2.05, 4.69) is 42.5 Å². The van der Waals surface area contributed by atoms with E-state index in [4.69, 9.17) is 0 Å². The van der Waals surface area contributed by atoms with E-state index < -0.39 is 0 Å². The fourth-order valence-electron chi connectivity index (χ4n) is 2.28. The Morgan fingerprint density at radius 2 is 1.91 bits per heavy atom. The summed E-state index contributed by atoms with van der Waals surface area (Å²) in [6, 6.07) is 6.61. The van der Waals surface area contributed by atoms with Gasteiger partial charge in [0.05, 0.1) is 18.2 Å². The fraction of sp³-hybridized carbons (Fsp3) is 0.316. The Hall–Kier alpha value is -2.16. The van der Waals surface area contributed by atoms with Crippen molar-refractivity contribution in [2.45, 2.75) is 40.2 Å². The first-order valence-corrected chi connectivity index (χ1v) is 7.59. The highest BCUT2D eigenvalue weighted by molar-refractivity contribution is 5.48. The van der Waals surface area contributed by atoms with Crippen molar-refractivity contribution in [2.75, 3.05) is 0 Å². The number of imidazole rings is 1. The second-order valence-electron chi connectivity index (χ2n) is 5.88. The Morgan fingerprint density at radius 1 is 1.18 bits per heavy atom. The highest BCUT2D eigenvalue weighted by Crippen LogP contribution is 2.14. The Labute approximate surface area is 132 Å². The molecule has 0 bridgehead atoms. The highest BCUT2D eigenvalue weighted by Gasteiger charge is 2.02. The lowest BCUT2D eigenvalue weighted by molar-refractivity contribution is 0.626. The molecule has 2 aromatic rings. The summed E-state index contributed by atoms with van der Waals surface area (Å²) in [4.78, 5) is 4.23. The summed E-state index contributed by atoms with van der Waals surface area (Å²) in [5.41, 5.74) is 4.84. The van der Waals surface area contributed by atoms with Gasteiger partial charge in [0, 0.05) is 6.54 Å². The second kappa shape index (κ2) is 7.74. The van der Waals surface area contributed by atoms with E-state index in [-0.39, 0.29) is 5.82 Å². The number of nitrogens with zero attached hydrogens (tertiary/aromatic N) is 2. The first-order chi connectivity index (χ1) is 10.5. The van der Waals surface area contributed by atoms with Crippen LogP contribution in [0, 0.1) is 5.82 Å². The van der Waals surface area contributed by atoms with Crippen LogP contribution in [0.15, 0.2) is 54.0 Å². The summed E-state index contributed by atoms with van der Waals surface area (Å²) in [7, 11) is 0. The van der Waals surface area contributed by atoms with E-state index in [1.807, 2.05) is 24.7 Å². The van der Waals surface area contributed by atoms with Gasteiger partial charge in [0.15, 0.2) is 0 Å². The maximum Gasteiger partial charge on any atom is 0.123 e. The predicted molar refractivity (Wildman–Crippen MR) is 90.0 cm³/mol. The molecule has 2 nitrogen and oxygen atoms in total. The van der Waals surface area contributed by atoms with Gasteiger partial charge >= 0.3 is 0 Å². The van der Waals surface area contributed by atoms with E-state index in [0.29, 0.717) is 6.54 Å². The lowest BCUT2D eigenvalue weighted by Gasteiger charge is -2.07. The molecule has 116 valence electrons. The molecule has 0 N–H and O–H groups in total. The van der Waals surface area contributed by atoms with E-state index in [9.17, 15) is 4.39 Å². The molecule has 0 fully saturated rings. The number of halogens is 1.